The number of nitrogens with zero attached hydrogens (tertiary/aromatic N) is 1. The van der Waals surface area contributed by atoms with Gasteiger partial charge in [-0.3, -0.25) is 9.69 Å². The molecule has 6 heteroatoms. The standard InChI is InChI=1S/C20H30N2O4/c1-15(17-12-16(24-2)6-7-18(17)25-3)21-19(23)13-22-10-11-26-20(14-22)8-4-5-9-20/h6-7,12,15H,4-5,8-11,13-14H2,1-3H3,(H,21,23). The second kappa shape index (κ2) is 8.27. The number of carbonyl (C=O) groups is 1. The lowest BCUT2D eigenvalue weighted by molar-refractivity contribution is -0.130. The van der Waals surface area contributed by atoms with Crippen molar-refractivity contribution in [3.8, 4) is 11.5 Å². The quantitative estimate of drug-likeness (QED) is 0.843. The Morgan fingerprint density at radius 1 is 1.31 bits per heavy atom. The van der Waals surface area contributed by atoms with Crippen LogP contribution < -0.4 is 14.8 Å². The number of hydrogen-bond acceptors (Lipinski definition) is 5. The molecule has 144 valence electrons. The molecule has 1 atom stereocenters. The molecule has 1 spiro atoms. The number of carbonyl (C=O) groups excluding carboxylic acids is 1. The fraction of sp³-hybridized carbons (Fsp3) is 0.650. The highest BCUT2D eigenvalue weighted by molar-refractivity contribution is 5.78. The van der Waals surface area contributed by atoms with Crippen molar-refractivity contribution in [2.45, 2.75) is 44.2 Å². The lowest BCUT2D eigenvalue weighted by Crippen LogP contribution is -2.52. The topological polar surface area (TPSA) is 60.0 Å². The third-order valence-corrected chi connectivity index (χ3v) is 5.49. The maximum Gasteiger partial charge on any atom is 0.234 e. The van der Waals surface area contributed by atoms with Gasteiger partial charge in [0, 0.05) is 18.7 Å². The van der Waals surface area contributed by atoms with Crippen LogP contribution >= 0.6 is 0 Å². The average Bonchev–Trinajstić information content (AvgIpc) is 3.08. The van der Waals surface area contributed by atoms with Crippen molar-refractivity contribution in [1.29, 1.82) is 0 Å². The zero-order valence-electron chi connectivity index (χ0n) is 16.0. The second-order valence-corrected chi connectivity index (χ2v) is 7.35. The molecule has 1 aromatic carbocycles. The summed E-state index contributed by atoms with van der Waals surface area (Å²) in [4.78, 5) is 14.8. The Hall–Kier alpha value is -1.79. The van der Waals surface area contributed by atoms with Gasteiger partial charge in [-0.05, 0) is 38.0 Å². The molecule has 3 rings (SSSR count). The summed E-state index contributed by atoms with van der Waals surface area (Å²) in [7, 11) is 3.26. The highest BCUT2D eigenvalue weighted by Crippen LogP contribution is 2.35. The highest BCUT2D eigenvalue weighted by atomic mass is 16.5. The molecule has 26 heavy (non-hydrogen) atoms. The summed E-state index contributed by atoms with van der Waals surface area (Å²) < 4.78 is 16.8. The Bertz CT molecular complexity index is 628. The van der Waals surface area contributed by atoms with E-state index in [1.54, 1.807) is 14.2 Å². The zero-order chi connectivity index (χ0) is 18.6. The number of methoxy groups -OCH3 is 2. The summed E-state index contributed by atoms with van der Waals surface area (Å²) in [5.74, 6) is 1.52. The van der Waals surface area contributed by atoms with Crippen LogP contribution in [0.25, 0.3) is 0 Å². The fourth-order valence-electron chi connectivity index (χ4n) is 4.13. The van der Waals surface area contributed by atoms with Gasteiger partial charge >= 0.3 is 0 Å². The predicted octanol–water partition coefficient (Wildman–Crippen LogP) is 2.53. The molecule has 1 aliphatic heterocycles. The maximum absolute atomic E-state index is 12.6. The first-order valence-electron chi connectivity index (χ1n) is 9.43. The zero-order valence-corrected chi connectivity index (χ0v) is 16.0. The van der Waals surface area contributed by atoms with Gasteiger partial charge in [-0.1, -0.05) is 12.8 Å². The molecular weight excluding hydrogens is 332 g/mol. The van der Waals surface area contributed by atoms with Gasteiger partial charge in [0.25, 0.3) is 0 Å². The second-order valence-electron chi connectivity index (χ2n) is 7.35. The van der Waals surface area contributed by atoms with Crippen LogP contribution in [0.15, 0.2) is 18.2 Å². The van der Waals surface area contributed by atoms with Crippen molar-refractivity contribution in [2.75, 3.05) is 40.5 Å². The van der Waals surface area contributed by atoms with Gasteiger partial charge < -0.3 is 19.5 Å². The first-order valence-corrected chi connectivity index (χ1v) is 9.43. The molecule has 1 aromatic rings. The Labute approximate surface area is 155 Å². The summed E-state index contributed by atoms with van der Waals surface area (Å²) >= 11 is 0. The van der Waals surface area contributed by atoms with E-state index in [1.807, 2.05) is 25.1 Å². The van der Waals surface area contributed by atoms with Crippen LogP contribution in [0, 0.1) is 0 Å². The molecule has 1 amide bonds. The SMILES string of the molecule is COc1ccc(OC)c(C(C)NC(=O)CN2CCOC3(CCCC3)C2)c1. The molecule has 2 aliphatic rings. The van der Waals surface area contributed by atoms with Gasteiger partial charge in [-0.2, -0.15) is 0 Å². The van der Waals surface area contributed by atoms with E-state index in [9.17, 15) is 4.79 Å². The van der Waals surface area contributed by atoms with Crippen LogP contribution in [0.4, 0.5) is 0 Å². The molecule has 1 saturated carbocycles. The van der Waals surface area contributed by atoms with E-state index in [1.165, 1.54) is 12.8 Å². The number of hydrogen-bond donors (Lipinski definition) is 1. The molecule has 1 saturated heterocycles. The maximum atomic E-state index is 12.6. The molecule has 0 radical (unpaired) electrons. The van der Waals surface area contributed by atoms with Crippen LogP contribution in [0.5, 0.6) is 11.5 Å². The Morgan fingerprint density at radius 3 is 2.77 bits per heavy atom. The summed E-state index contributed by atoms with van der Waals surface area (Å²) in [6.07, 6.45) is 4.68. The number of benzene rings is 1. The van der Waals surface area contributed by atoms with E-state index in [4.69, 9.17) is 14.2 Å². The van der Waals surface area contributed by atoms with Crippen molar-refractivity contribution in [3.63, 3.8) is 0 Å². The summed E-state index contributed by atoms with van der Waals surface area (Å²) in [6, 6.07) is 5.47. The molecule has 0 bridgehead atoms. The Balaban J connectivity index is 1.59. The average molecular weight is 362 g/mol. The first kappa shape index (κ1) is 19.0. The Kier molecular flexibility index (Phi) is 6.04. The fourth-order valence-corrected chi connectivity index (χ4v) is 4.13. The lowest BCUT2D eigenvalue weighted by Gasteiger charge is -2.40. The van der Waals surface area contributed by atoms with Crippen LogP contribution in [-0.4, -0.2) is 56.9 Å². The number of amides is 1. The number of ether oxygens (including phenoxy) is 3. The van der Waals surface area contributed by atoms with E-state index in [-0.39, 0.29) is 17.6 Å². The third-order valence-electron chi connectivity index (χ3n) is 5.49. The third kappa shape index (κ3) is 4.30. The van der Waals surface area contributed by atoms with Gasteiger partial charge in [0.05, 0.1) is 39.0 Å². The minimum absolute atomic E-state index is 0.0137. The molecule has 1 heterocycles. The first-order chi connectivity index (χ1) is 12.5. The minimum Gasteiger partial charge on any atom is -0.497 e. The van der Waals surface area contributed by atoms with Crippen molar-refractivity contribution in [1.82, 2.24) is 10.2 Å². The molecule has 6 nitrogen and oxygen atoms in total. The summed E-state index contributed by atoms with van der Waals surface area (Å²) in [5, 5.41) is 3.09. The van der Waals surface area contributed by atoms with Crippen LogP contribution in [0.3, 0.4) is 0 Å². The van der Waals surface area contributed by atoms with Gasteiger partial charge in [-0.25, -0.2) is 0 Å². The smallest absolute Gasteiger partial charge is 0.234 e. The van der Waals surface area contributed by atoms with Crippen molar-refractivity contribution in [2.24, 2.45) is 0 Å². The van der Waals surface area contributed by atoms with Crippen molar-refractivity contribution in [3.05, 3.63) is 23.8 Å². The largest absolute Gasteiger partial charge is 0.497 e. The highest BCUT2D eigenvalue weighted by Gasteiger charge is 2.39. The number of morpholine rings is 1. The van der Waals surface area contributed by atoms with E-state index >= 15 is 0 Å². The molecule has 2 fully saturated rings. The van der Waals surface area contributed by atoms with E-state index < -0.39 is 0 Å². The van der Waals surface area contributed by atoms with Crippen molar-refractivity contribution < 1.29 is 19.0 Å². The lowest BCUT2D eigenvalue weighted by atomic mass is 10.00. The van der Waals surface area contributed by atoms with Crippen LogP contribution in [0.1, 0.15) is 44.2 Å². The monoisotopic (exact) mass is 362 g/mol. The van der Waals surface area contributed by atoms with Crippen molar-refractivity contribution >= 4 is 5.91 Å². The van der Waals surface area contributed by atoms with Gasteiger partial charge in [-0.15, -0.1) is 0 Å². The predicted molar refractivity (Wildman–Crippen MR) is 99.7 cm³/mol. The summed E-state index contributed by atoms with van der Waals surface area (Å²) in [5.41, 5.74) is 0.898. The molecular formula is C20H30N2O4. The van der Waals surface area contributed by atoms with Crippen LogP contribution in [-0.2, 0) is 9.53 Å². The van der Waals surface area contributed by atoms with Crippen LogP contribution in [0.2, 0.25) is 0 Å². The number of nitrogens with one attached hydrogen (secondary N) is 1. The normalized spacial score (nSPS) is 20.7. The van der Waals surface area contributed by atoms with E-state index in [0.29, 0.717) is 13.2 Å². The molecule has 1 unspecified atom stereocenters. The Morgan fingerprint density at radius 2 is 2.08 bits per heavy atom. The summed E-state index contributed by atoms with van der Waals surface area (Å²) in [6.45, 7) is 4.75. The van der Waals surface area contributed by atoms with Gasteiger partial charge in [0.1, 0.15) is 11.5 Å². The van der Waals surface area contributed by atoms with Gasteiger partial charge in [0.2, 0.25) is 5.91 Å². The molecule has 0 aromatic heterocycles. The number of rotatable bonds is 6. The minimum atomic E-state index is -0.158. The molecule has 1 aliphatic carbocycles. The van der Waals surface area contributed by atoms with E-state index in [2.05, 4.69) is 10.2 Å². The van der Waals surface area contributed by atoms with E-state index in [0.717, 1.165) is 43.0 Å². The molecule has 1 N–H and O–H groups in total. The van der Waals surface area contributed by atoms with Gasteiger partial charge in [0.15, 0.2) is 0 Å².